The van der Waals surface area contributed by atoms with E-state index in [-0.39, 0.29) is 0 Å². The van der Waals surface area contributed by atoms with E-state index in [0.717, 1.165) is 37.4 Å². The number of hydrogen-bond acceptors (Lipinski definition) is 3. The van der Waals surface area contributed by atoms with Crippen LogP contribution in [0.15, 0.2) is 42.6 Å². The Bertz CT molecular complexity index is 590. The van der Waals surface area contributed by atoms with Crippen LogP contribution in [0.2, 0.25) is 0 Å². The fourth-order valence-electron chi connectivity index (χ4n) is 3.50. The van der Waals surface area contributed by atoms with Gasteiger partial charge in [-0.3, -0.25) is 0 Å². The number of anilines is 2. The van der Waals surface area contributed by atoms with Crippen molar-refractivity contribution in [1.82, 2.24) is 4.98 Å². The van der Waals surface area contributed by atoms with Crippen molar-refractivity contribution in [2.24, 2.45) is 0 Å². The molecule has 1 aromatic heterocycles. The molecular formula is C18H21N3. The van der Waals surface area contributed by atoms with Crippen LogP contribution in [0.5, 0.6) is 0 Å². The van der Waals surface area contributed by atoms with Gasteiger partial charge in [0.1, 0.15) is 5.82 Å². The second-order valence-electron chi connectivity index (χ2n) is 6.12. The Morgan fingerprint density at radius 1 is 0.952 bits per heavy atom. The summed E-state index contributed by atoms with van der Waals surface area (Å²) in [5.74, 6) is 1.12. The maximum Gasteiger partial charge on any atom is 0.128 e. The van der Waals surface area contributed by atoms with Crippen molar-refractivity contribution < 1.29 is 0 Å². The van der Waals surface area contributed by atoms with Gasteiger partial charge in [0, 0.05) is 19.1 Å². The SMILES string of the molecule is c1ccc2c(c1)CC(Nc1ccc(N3CCCC3)nc1)C2. The van der Waals surface area contributed by atoms with Crippen LogP contribution >= 0.6 is 0 Å². The van der Waals surface area contributed by atoms with Gasteiger partial charge in [0.25, 0.3) is 0 Å². The molecule has 1 saturated heterocycles. The summed E-state index contributed by atoms with van der Waals surface area (Å²) >= 11 is 0. The number of hydrogen-bond donors (Lipinski definition) is 1. The lowest BCUT2D eigenvalue weighted by atomic mass is 10.1. The molecule has 2 aromatic rings. The van der Waals surface area contributed by atoms with Crippen LogP contribution in [0.4, 0.5) is 11.5 Å². The van der Waals surface area contributed by atoms with Gasteiger partial charge in [-0.1, -0.05) is 24.3 Å². The molecule has 1 fully saturated rings. The molecule has 0 amide bonds. The molecule has 2 heterocycles. The third-order valence-electron chi connectivity index (χ3n) is 4.60. The van der Waals surface area contributed by atoms with E-state index in [1.807, 2.05) is 6.20 Å². The van der Waals surface area contributed by atoms with Crippen LogP contribution < -0.4 is 10.2 Å². The standard InChI is InChI=1S/C18H21N3/c1-2-6-15-12-17(11-14(15)5-1)20-16-7-8-18(19-13-16)21-9-3-4-10-21/h1-2,5-8,13,17,20H,3-4,9-12H2. The first-order valence-electron chi connectivity index (χ1n) is 7.93. The zero-order valence-electron chi connectivity index (χ0n) is 12.3. The molecule has 2 aliphatic rings. The zero-order valence-corrected chi connectivity index (χ0v) is 12.3. The summed E-state index contributed by atoms with van der Waals surface area (Å²) in [5, 5.41) is 3.62. The lowest BCUT2D eigenvalue weighted by Gasteiger charge is -2.18. The van der Waals surface area contributed by atoms with Gasteiger partial charge in [0.15, 0.2) is 0 Å². The van der Waals surface area contributed by atoms with Crippen LogP contribution in [-0.2, 0) is 12.8 Å². The Morgan fingerprint density at radius 3 is 2.29 bits per heavy atom. The van der Waals surface area contributed by atoms with Gasteiger partial charge in [-0.05, 0) is 48.9 Å². The highest BCUT2D eigenvalue weighted by atomic mass is 15.2. The van der Waals surface area contributed by atoms with Crippen molar-refractivity contribution in [2.75, 3.05) is 23.3 Å². The van der Waals surface area contributed by atoms with Crippen LogP contribution in [0, 0.1) is 0 Å². The van der Waals surface area contributed by atoms with Gasteiger partial charge in [-0.15, -0.1) is 0 Å². The van der Waals surface area contributed by atoms with E-state index in [4.69, 9.17) is 0 Å². The zero-order chi connectivity index (χ0) is 14.1. The summed E-state index contributed by atoms with van der Waals surface area (Å²) in [7, 11) is 0. The number of benzene rings is 1. The van der Waals surface area contributed by atoms with Crippen molar-refractivity contribution in [3.8, 4) is 0 Å². The molecule has 1 aliphatic carbocycles. The molecule has 0 atom stereocenters. The molecule has 0 bridgehead atoms. The monoisotopic (exact) mass is 279 g/mol. The lowest BCUT2D eigenvalue weighted by Crippen LogP contribution is -2.21. The van der Waals surface area contributed by atoms with Gasteiger partial charge in [0.2, 0.25) is 0 Å². The topological polar surface area (TPSA) is 28.2 Å². The van der Waals surface area contributed by atoms with Crippen LogP contribution in [0.1, 0.15) is 24.0 Å². The Labute approximate surface area is 126 Å². The number of aromatic nitrogens is 1. The molecule has 0 unspecified atom stereocenters. The van der Waals surface area contributed by atoms with Crippen molar-refractivity contribution in [1.29, 1.82) is 0 Å². The molecule has 108 valence electrons. The van der Waals surface area contributed by atoms with E-state index in [2.05, 4.69) is 51.6 Å². The van der Waals surface area contributed by atoms with E-state index in [1.165, 1.54) is 24.0 Å². The summed E-state index contributed by atoms with van der Waals surface area (Å²) in [4.78, 5) is 6.99. The van der Waals surface area contributed by atoms with Gasteiger partial charge in [-0.25, -0.2) is 4.98 Å². The number of pyridine rings is 1. The van der Waals surface area contributed by atoms with Gasteiger partial charge < -0.3 is 10.2 Å². The van der Waals surface area contributed by atoms with E-state index >= 15 is 0 Å². The fourth-order valence-corrected chi connectivity index (χ4v) is 3.50. The summed E-state index contributed by atoms with van der Waals surface area (Å²) in [6.07, 6.45) is 6.80. The molecule has 21 heavy (non-hydrogen) atoms. The Balaban J connectivity index is 1.42. The summed E-state index contributed by atoms with van der Waals surface area (Å²) < 4.78 is 0. The average molecular weight is 279 g/mol. The predicted octanol–water partition coefficient (Wildman–Crippen LogP) is 3.26. The molecule has 3 heteroatoms. The molecule has 1 N–H and O–H groups in total. The highest BCUT2D eigenvalue weighted by molar-refractivity contribution is 5.50. The van der Waals surface area contributed by atoms with E-state index in [9.17, 15) is 0 Å². The second kappa shape index (κ2) is 5.40. The second-order valence-corrected chi connectivity index (χ2v) is 6.12. The summed E-state index contributed by atoms with van der Waals surface area (Å²) in [6.45, 7) is 2.30. The van der Waals surface area contributed by atoms with Crippen molar-refractivity contribution in [3.63, 3.8) is 0 Å². The Hall–Kier alpha value is -2.03. The minimum Gasteiger partial charge on any atom is -0.380 e. The van der Waals surface area contributed by atoms with Crippen molar-refractivity contribution in [2.45, 2.75) is 31.7 Å². The first kappa shape index (κ1) is 12.7. The molecule has 0 saturated carbocycles. The minimum absolute atomic E-state index is 0.502. The summed E-state index contributed by atoms with van der Waals surface area (Å²) in [5.41, 5.74) is 4.10. The maximum atomic E-state index is 4.62. The lowest BCUT2D eigenvalue weighted by molar-refractivity contribution is 0.773. The molecule has 0 radical (unpaired) electrons. The summed E-state index contributed by atoms with van der Waals surface area (Å²) in [6, 6.07) is 13.6. The Morgan fingerprint density at radius 2 is 1.67 bits per heavy atom. The first-order valence-corrected chi connectivity index (χ1v) is 7.93. The van der Waals surface area contributed by atoms with Crippen LogP contribution in [-0.4, -0.2) is 24.1 Å². The normalized spacial score (nSPS) is 18.0. The van der Waals surface area contributed by atoms with E-state index in [1.54, 1.807) is 0 Å². The molecule has 4 rings (SSSR count). The quantitative estimate of drug-likeness (QED) is 0.934. The predicted molar refractivity (Wildman–Crippen MR) is 86.9 cm³/mol. The maximum absolute atomic E-state index is 4.62. The minimum atomic E-state index is 0.502. The molecular weight excluding hydrogens is 258 g/mol. The first-order chi connectivity index (χ1) is 10.4. The third kappa shape index (κ3) is 2.60. The van der Waals surface area contributed by atoms with Crippen molar-refractivity contribution >= 4 is 11.5 Å². The number of nitrogens with zero attached hydrogens (tertiary/aromatic N) is 2. The molecule has 1 aromatic carbocycles. The number of rotatable bonds is 3. The highest BCUT2D eigenvalue weighted by Crippen LogP contribution is 2.25. The average Bonchev–Trinajstić information content (AvgIpc) is 3.17. The smallest absolute Gasteiger partial charge is 0.128 e. The number of nitrogens with one attached hydrogen (secondary N) is 1. The fraction of sp³-hybridized carbons (Fsp3) is 0.389. The van der Waals surface area contributed by atoms with E-state index in [0.29, 0.717) is 6.04 Å². The van der Waals surface area contributed by atoms with Gasteiger partial charge in [0.05, 0.1) is 11.9 Å². The van der Waals surface area contributed by atoms with Crippen LogP contribution in [0.3, 0.4) is 0 Å². The van der Waals surface area contributed by atoms with E-state index < -0.39 is 0 Å². The van der Waals surface area contributed by atoms with Gasteiger partial charge >= 0.3 is 0 Å². The van der Waals surface area contributed by atoms with Crippen LogP contribution in [0.25, 0.3) is 0 Å². The largest absolute Gasteiger partial charge is 0.380 e. The van der Waals surface area contributed by atoms with Gasteiger partial charge in [-0.2, -0.15) is 0 Å². The molecule has 0 spiro atoms. The number of fused-ring (bicyclic) bond motifs is 1. The highest BCUT2D eigenvalue weighted by Gasteiger charge is 2.20. The third-order valence-corrected chi connectivity index (χ3v) is 4.60. The van der Waals surface area contributed by atoms with Crippen molar-refractivity contribution in [3.05, 3.63) is 53.7 Å². The Kier molecular flexibility index (Phi) is 3.26. The molecule has 3 nitrogen and oxygen atoms in total. The molecule has 1 aliphatic heterocycles.